The summed E-state index contributed by atoms with van der Waals surface area (Å²) in [5, 5.41) is 0. The highest BCUT2D eigenvalue weighted by Gasteiger charge is 2.34. The molecule has 1 aromatic carbocycles. The lowest BCUT2D eigenvalue weighted by Gasteiger charge is -2.13. The van der Waals surface area contributed by atoms with Crippen LogP contribution >= 0.6 is 0 Å². The number of rotatable bonds is 0. The number of ketones is 2. The molecular weight excluding hydrogens is 224 g/mol. The molecule has 1 heterocycles. The molecule has 0 atom stereocenters. The second-order valence-corrected chi connectivity index (χ2v) is 3.97. The lowest BCUT2D eigenvalue weighted by molar-refractivity contribution is 0.0443. The summed E-state index contributed by atoms with van der Waals surface area (Å²) in [6.45, 7) is 0. The monoisotopic (exact) mass is 230 g/mol. The van der Waals surface area contributed by atoms with E-state index in [1.165, 1.54) is 12.1 Å². The van der Waals surface area contributed by atoms with Crippen LogP contribution in [0.25, 0.3) is 0 Å². The van der Waals surface area contributed by atoms with Crippen LogP contribution in [0.15, 0.2) is 12.1 Å². The summed E-state index contributed by atoms with van der Waals surface area (Å²) >= 11 is 0. The molecule has 0 bridgehead atoms. The van der Waals surface area contributed by atoms with Gasteiger partial charge in [-0.25, -0.2) is 9.59 Å². The van der Waals surface area contributed by atoms with Crippen LogP contribution in [-0.2, 0) is 4.74 Å². The second-order valence-electron chi connectivity index (χ2n) is 3.97. The molecule has 1 aliphatic carbocycles. The first-order valence-corrected chi connectivity index (χ1v) is 5.09. The van der Waals surface area contributed by atoms with Crippen LogP contribution in [0.4, 0.5) is 0 Å². The number of fused-ring (bicyclic) bond motifs is 2. The van der Waals surface area contributed by atoms with Gasteiger partial charge in [-0.2, -0.15) is 0 Å². The van der Waals surface area contributed by atoms with Crippen LogP contribution in [0.3, 0.4) is 0 Å². The Balaban J connectivity index is 2.31. The van der Waals surface area contributed by atoms with Gasteiger partial charge in [0.2, 0.25) is 0 Å². The molecule has 0 radical (unpaired) electrons. The molecule has 5 heteroatoms. The summed E-state index contributed by atoms with van der Waals surface area (Å²) in [6.07, 6.45) is 0.293. The predicted octanol–water partition coefficient (Wildman–Crippen LogP) is 1.16. The van der Waals surface area contributed by atoms with Crippen molar-refractivity contribution in [2.24, 2.45) is 0 Å². The predicted molar refractivity (Wildman–Crippen MR) is 54.1 cm³/mol. The quantitative estimate of drug-likeness (QED) is 0.493. The number of Topliss-reactive ketones (excluding diaryl/α,β-unsaturated/α-hetero) is 2. The fourth-order valence-electron chi connectivity index (χ4n) is 2.09. The van der Waals surface area contributed by atoms with Crippen molar-refractivity contribution in [1.29, 1.82) is 0 Å². The van der Waals surface area contributed by atoms with Crippen molar-refractivity contribution in [1.82, 2.24) is 0 Å². The summed E-state index contributed by atoms with van der Waals surface area (Å²) in [4.78, 5) is 45.9. The summed E-state index contributed by atoms with van der Waals surface area (Å²) in [6, 6.07) is 2.58. The van der Waals surface area contributed by atoms with E-state index in [0.29, 0.717) is 0 Å². The molecule has 2 aliphatic rings. The highest BCUT2D eigenvalue weighted by Crippen LogP contribution is 2.28. The van der Waals surface area contributed by atoms with E-state index in [4.69, 9.17) is 0 Å². The van der Waals surface area contributed by atoms with Crippen molar-refractivity contribution < 1.29 is 23.9 Å². The average Bonchev–Trinajstić information content (AvgIpc) is 2.58. The maximum absolute atomic E-state index is 11.6. The van der Waals surface area contributed by atoms with Gasteiger partial charge in [0.1, 0.15) is 0 Å². The van der Waals surface area contributed by atoms with E-state index in [1.54, 1.807) is 0 Å². The molecule has 17 heavy (non-hydrogen) atoms. The van der Waals surface area contributed by atoms with E-state index >= 15 is 0 Å². The number of esters is 2. The second kappa shape index (κ2) is 3.10. The van der Waals surface area contributed by atoms with Gasteiger partial charge < -0.3 is 4.74 Å². The smallest absolute Gasteiger partial charge is 0.346 e. The van der Waals surface area contributed by atoms with Crippen LogP contribution in [-0.4, -0.2) is 23.5 Å². The Morgan fingerprint density at radius 3 is 1.53 bits per heavy atom. The minimum Gasteiger partial charge on any atom is -0.386 e. The highest BCUT2D eigenvalue weighted by atomic mass is 16.6. The lowest BCUT2D eigenvalue weighted by Crippen LogP contribution is -2.18. The van der Waals surface area contributed by atoms with Gasteiger partial charge in [-0.1, -0.05) is 0 Å². The first kappa shape index (κ1) is 9.89. The third-order valence-electron chi connectivity index (χ3n) is 2.96. The van der Waals surface area contributed by atoms with Crippen LogP contribution in [0.5, 0.6) is 0 Å². The molecule has 3 rings (SSSR count). The van der Waals surface area contributed by atoms with Crippen molar-refractivity contribution in [3.8, 4) is 0 Å². The number of cyclic esters (lactones) is 2. The maximum Gasteiger partial charge on any atom is 0.346 e. The molecule has 0 aromatic heterocycles. The minimum absolute atomic E-state index is 0.0665. The Morgan fingerprint density at radius 1 is 0.706 bits per heavy atom. The Bertz CT molecular complexity index is 559. The van der Waals surface area contributed by atoms with Crippen molar-refractivity contribution in [2.75, 3.05) is 0 Å². The molecule has 0 unspecified atom stereocenters. The van der Waals surface area contributed by atoms with Crippen LogP contribution < -0.4 is 0 Å². The Kier molecular flexibility index (Phi) is 1.80. The van der Waals surface area contributed by atoms with Gasteiger partial charge in [-0.3, -0.25) is 9.59 Å². The molecule has 0 amide bonds. The van der Waals surface area contributed by atoms with Crippen molar-refractivity contribution in [3.63, 3.8) is 0 Å². The first-order chi connectivity index (χ1) is 8.08. The Hall–Kier alpha value is -2.30. The maximum atomic E-state index is 11.6. The van der Waals surface area contributed by atoms with E-state index in [9.17, 15) is 19.2 Å². The third-order valence-corrected chi connectivity index (χ3v) is 2.96. The topological polar surface area (TPSA) is 77.5 Å². The van der Waals surface area contributed by atoms with E-state index in [1.807, 2.05) is 0 Å². The van der Waals surface area contributed by atoms with Gasteiger partial charge in [0.15, 0.2) is 11.6 Å². The number of benzene rings is 1. The van der Waals surface area contributed by atoms with Crippen molar-refractivity contribution in [3.05, 3.63) is 34.4 Å². The van der Waals surface area contributed by atoms with Crippen LogP contribution in [0.1, 0.15) is 54.3 Å². The number of carbonyl (C=O) groups is 4. The van der Waals surface area contributed by atoms with Crippen LogP contribution in [0.2, 0.25) is 0 Å². The van der Waals surface area contributed by atoms with E-state index < -0.39 is 11.9 Å². The van der Waals surface area contributed by atoms with Gasteiger partial charge in [0.05, 0.1) is 11.1 Å². The highest BCUT2D eigenvalue weighted by molar-refractivity contribution is 6.20. The zero-order chi connectivity index (χ0) is 12.2. The minimum atomic E-state index is -0.765. The number of carbonyl (C=O) groups excluding carboxylic acids is 4. The van der Waals surface area contributed by atoms with Crippen molar-refractivity contribution >= 4 is 23.5 Å². The summed E-state index contributed by atoms with van der Waals surface area (Å²) < 4.78 is 4.42. The summed E-state index contributed by atoms with van der Waals surface area (Å²) in [5.41, 5.74) is 0.562. The first-order valence-electron chi connectivity index (χ1n) is 5.09. The lowest BCUT2D eigenvalue weighted by atomic mass is 9.87. The van der Waals surface area contributed by atoms with E-state index in [0.717, 1.165) is 0 Å². The van der Waals surface area contributed by atoms with Crippen molar-refractivity contribution in [2.45, 2.75) is 12.8 Å². The zero-order valence-corrected chi connectivity index (χ0v) is 8.61. The molecule has 1 aliphatic heterocycles. The van der Waals surface area contributed by atoms with E-state index in [-0.39, 0.29) is 46.7 Å². The molecular formula is C12H6O5. The molecule has 1 aromatic rings. The van der Waals surface area contributed by atoms with Gasteiger partial charge in [-0.05, 0) is 12.1 Å². The molecule has 0 fully saturated rings. The number of hydrogen-bond acceptors (Lipinski definition) is 5. The van der Waals surface area contributed by atoms with E-state index in [2.05, 4.69) is 4.74 Å². The van der Waals surface area contributed by atoms with Gasteiger partial charge in [0, 0.05) is 24.0 Å². The van der Waals surface area contributed by atoms with Gasteiger partial charge >= 0.3 is 11.9 Å². The Morgan fingerprint density at radius 2 is 1.12 bits per heavy atom. The molecule has 5 nitrogen and oxygen atoms in total. The normalized spacial score (nSPS) is 17.9. The number of hydrogen-bond donors (Lipinski definition) is 0. The molecule has 0 saturated heterocycles. The molecule has 0 spiro atoms. The number of ether oxygens (including phenoxy) is 1. The van der Waals surface area contributed by atoms with Gasteiger partial charge in [-0.15, -0.1) is 0 Å². The van der Waals surface area contributed by atoms with Gasteiger partial charge in [0.25, 0.3) is 0 Å². The fourth-order valence-corrected chi connectivity index (χ4v) is 2.09. The average molecular weight is 230 g/mol. The Labute approximate surface area is 95.4 Å². The fraction of sp³-hybridized carbons (Fsp3) is 0.167. The molecule has 84 valence electrons. The summed E-state index contributed by atoms with van der Waals surface area (Å²) in [5.74, 6) is -1.90. The SMILES string of the molecule is O=C1CCC(=O)c2cc3c(cc21)C(=O)OC3=O. The molecule has 0 saturated carbocycles. The summed E-state index contributed by atoms with van der Waals surface area (Å²) in [7, 11) is 0. The standard InChI is InChI=1S/C12H6O5/c13-9-1-2-10(14)6-4-8-7(3-5(6)9)11(15)17-12(8)16/h3-4H,1-2H2. The third kappa shape index (κ3) is 1.25. The zero-order valence-electron chi connectivity index (χ0n) is 8.61. The molecule has 0 N–H and O–H groups in total. The van der Waals surface area contributed by atoms with Crippen LogP contribution in [0, 0.1) is 0 Å². The largest absolute Gasteiger partial charge is 0.386 e.